The lowest BCUT2D eigenvalue weighted by atomic mass is 10.0. The highest BCUT2D eigenvalue weighted by molar-refractivity contribution is 5.80. The van der Waals surface area contributed by atoms with E-state index in [-0.39, 0.29) is 17.8 Å². The Morgan fingerprint density at radius 1 is 1.29 bits per heavy atom. The van der Waals surface area contributed by atoms with Crippen LogP contribution in [0.3, 0.4) is 0 Å². The minimum Gasteiger partial charge on any atom is -0.347 e. The van der Waals surface area contributed by atoms with Crippen molar-refractivity contribution in [3.63, 3.8) is 0 Å². The third kappa shape index (κ3) is 4.64. The number of aryl methyl sites for hydroxylation is 1. The molecule has 0 aliphatic heterocycles. The number of rotatable bonds is 7. The van der Waals surface area contributed by atoms with Gasteiger partial charge >= 0.3 is 0 Å². The van der Waals surface area contributed by atoms with Crippen LogP contribution in [0.5, 0.6) is 0 Å². The van der Waals surface area contributed by atoms with E-state index in [1.807, 2.05) is 34.0 Å². The van der Waals surface area contributed by atoms with Gasteiger partial charge in [-0.1, -0.05) is 12.1 Å². The van der Waals surface area contributed by atoms with Gasteiger partial charge in [-0.25, -0.2) is 4.39 Å². The summed E-state index contributed by atoms with van der Waals surface area (Å²) >= 11 is 0. The zero-order valence-corrected chi connectivity index (χ0v) is 14.7. The summed E-state index contributed by atoms with van der Waals surface area (Å²) < 4.78 is 14.9. The molecule has 6 heteroatoms. The van der Waals surface area contributed by atoms with Gasteiger partial charge in [-0.3, -0.25) is 9.48 Å². The van der Waals surface area contributed by atoms with E-state index in [4.69, 9.17) is 0 Å². The summed E-state index contributed by atoms with van der Waals surface area (Å²) in [6.07, 6.45) is 2.43. The normalized spacial score (nSPS) is 13.8. The topological polar surface area (TPSA) is 50.2 Å². The molecule has 0 fully saturated rings. The first-order chi connectivity index (χ1) is 11.4. The fraction of sp³-hybridized carbons (Fsp3) is 0.444. The lowest BCUT2D eigenvalue weighted by Gasteiger charge is -2.23. The van der Waals surface area contributed by atoms with Crippen LogP contribution in [-0.2, 0) is 4.79 Å². The van der Waals surface area contributed by atoms with Crippen molar-refractivity contribution in [2.45, 2.75) is 32.4 Å². The number of hydrogen-bond donors (Lipinski definition) is 1. The number of halogens is 1. The molecular formula is C18H25FN4O. The van der Waals surface area contributed by atoms with Crippen LogP contribution in [0.2, 0.25) is 0 Å². The maximum absolute atomic E-state index is 13.2. The van der Waals surface area contributed by atoms with Crippen LogP contribution in [0.1, 0.15) is 36.7 Å². The molecule has 130 valence electrons. The standard InChI is InChI=1S/C18H25FN4O/c1-13-9-11-20-23(13)14(2)18(24)21-17(10-12-22(3)4)15-5-7-16(19)8-6-15/h5-9,11,14,17H,10,12H2,1-4H3,(H,21,24). The van der Waals surface area contributed by atoms with E-state index in [2.05, 4.69) is 15.3 Å². The molecule has 2 aromatic rings. The van der Waals surface area contributed by atoms with Crippen molar-refractivity contribution in [3.05, 3.63) is 53.6 Å². The maximum atomic E-state index is 13.2. The molecule has 24 heavy (non-hydrogen) atoms. The van der Waals surface area contributed by atoms with Crippen LogP contribution < -0.4 is 5.32 Å². The quantitative estimate of drug-likeness (QED) is 0.848. The Morgan fingerprint density at radius 2 is 1.96 bits per heavy atom. The number of nitrogens with zero attached hydrogens (tertiary/aromatic N) is 3. The fourth-order valence-corrected chi connectivity index (χ4v) is 2.59. The van der Waals surface area contributed by atoms with Crippen LogP contribution in [0.4, 0.5) is 4.39 Å². The third-order valence-corrected chi connectivity index (χ3v) is 4.07. The lowest BCUT2D eigenvalue weighted by molar-refractivity contribution is -0.125. The number of amides is 1. The third-order valence-electron chi connectivity index (χ3n) is 4.07. The number of benzene rings is 1. The molecule has 1 amide bonds. The molecule has 2 rings (SSSR count). The van der Waals surface area contributed by atoms with Crippen LogP contribution >= 0.6 is 0 Å². The molecule has 2 unspecified atom stereocenters. The monoisotopic (exact) mass is 332 g/mol. The van der Waals surface area contributed by atoms with Gasteiger partial charge in [0.2, 0.25) is 5.91 Å². The zero-order chi connectivity index (χ0) is 17.7. The van der Waals surface area contributed by atoms with Gasteiger partial charge in [-0.2, -0.15) is 5.10 Å². The van der Waals surface area contributed by atoms with Crippen LogP contribution in [0, 0.1) is 12.7 Å². The molecule has 0 aliphatic rings. The highest BCUT2D eigenvalue weighted by Crippen LogP contribution is 2.19. The average Bonchev–Trinajstić information content (AvgIpc) is 2.97. The molecule has 5 nitrogen and oxygen atoms in total. The number of aromatic nitrogens is 2. The second-order valence-corrected chi connectivity index (χ2v) is 6.30. The summed E-state index contributed by atoms with van der Waals surface area (Å²) in [5, 5.41) is 7.28. The van der Waals surface area contributed by atoms with Gasteiger partial charge in [-0.15, -0.1) is 0 Å². The molecule has 0 aliphatic carbocycles. The summed E-state index contributed by atoms with van der Waals surface area (Å²) in [4.78, 5) is 14.7. The smallest absolute Gasteiger partial charge is 0.245 e. The molecule has 0 bridgehead atoms. The van der Waals surface area contributed by atoms with E-state index in [1.165, 1.54) is 12.1 Å². The molecule has 1 aromatic heterocycles. The van der Waals surface area contributed by atoms with E-state index in [9.17, 15) is 9.18 Å². The van der Waals surface area contributed by atoms with Gasteiger partial charge in [0.1, 0.15) is 11.9 Å². The van der Waals surface area contributed by atoms with Gasteiger partial charge in [0.05, 0.1) is 6.04 Å². The summed E-state index contributed by atoms with van der Waals surface area (Å²) in [7, 11) is 3.97. The summed E-state index contributed by atoms with van der Waals surface area (Å²) in [5.41, 5.74) is 1.83. The van der Waals surface area contributed by atoms with Gasteiger partial charge in [-0.05, 0) is 64.7 Å². The maximum Gasteiger partial charge on any atom is 0.245 e. The van der Waals surface area contributed by atoms with E-state index in [1.54, 1.807) is 23.0 Å². The molecule has 1 heterocycles. The first-order valence-corrected chi connectivity index (χ1v) is 8.09. The first-order valence-electron chi connectivity index (χ1n) is 8.09. The van der Waals surface area contributed by atoms with Crippen molar-refractivity contribution in [3.8, 4) is 0 Å². The lowest BCUT2D eigenvalue weighted by Crippen LogP contribution is -2.36. The molecule has 0 radical (unpaired) electrons. The Kier molecular flexibility index (Phi) is 6.09. The summed E-state index contributed by atoms with van der Waals surface area (Å²) in [5.74, 6) is -0.383. The number of hydrogen-bond acceptors (Lipinski definition) is 3. The Balaban J connectivity index is 2.13. The van der Waals surface area contributed by atoms with Gasteiger partial charge in [0.15, 0.2) is 0 Å². The first kappa shape index (κ1) is 18.1. The van der Waals surface area contributed by atoms with E-state index < -0.39 is 6.04 Å². The van der Waals surface area contributed by atoms with Crippen molar-refractivity contribution < 1.29 is 9.18 Å². The molecule has 1 aromatic carbocycles. The van der Waals surface area contributed by atoms with E-state index in [0.717, 1.165) is 24.2 Å². The van der Waals surface area contributed by atoms with Crippen LogP contribution in [0.25, 0.3) is 0 Å². The summed E-state index contributed by atoms with van der Waals surface area (Å²) in [6, 6.07) is 7.59. The van der Waals surface area contributed by atoms with Crippen molar-refractivity contribution in [2.75, 3.05) is 20.6 Å². The molecule has 1 N–H and O–H groups in total. The van der Waals surface area contributed by atoms with E-state index >= 15 is 0 Å². The number of carbonyl (C=O) groups excluding carboxylic acids is 1. The van der Waals surface area contributed by atoms with Gasteiger partial charge < -0.3 is 10.2 Å². The summed E-state index contributed by atoms with van der Waals surface area (Å²) in [6.45, 7) is 4.56. The SMILES string of the molecule is Cc1ccnn1C(C)C(=O)NC(CCN(C)C)c1ccc(F)cc1. The molecule has 0 spiro atoms. The van der Waals surface area contributed by atoms with Crippen molar-refractivity contribution in [1.29, 1.82) is 0 Å². The second kappa shape index (κ2) is 8.06. The predicted octanol–water partition coefficient (Wildman–Crippen LogP) is 2.70. The minimum atomic E-state index is -0.401. The fourth-order valence-electron chi connectivity index (χ4n) is 2.59. The highest BCUT2D eigenvalue weighted by Gasteiger charge is 2.21. The average molecular weight is 332 g/mol. The molecular weight excluding hydrogens is 307 g/mol. The van der Waals surface area contributed by atoms with Crippen LogP contribution in [0.15, 0.2) is 36.5 Å². The number of nitrogens with one attached hydrogen (secondary N) is 1. The molecule has 2 atom stereocenters. The van der Waals surface area contributed by atoms with Crippen molar-refractivity contribution in [1.82, 2.24) is 20.0 Å². The molecule has 0 saturated carbocycles. The zero-order valence-electron chi connectivity index (χ0n) is 14.7. The predicted molar refractivity (Wildman–Crippen MR) is 92.1 cm³/mol. The van der Waals surface area contributed by atoms with Gasteiger partial charge in [0, 0.05) is 11.9 Å². The van der Waals surface area contributed by atoms with Gasteiger partial charge in [0.25, 0.3) is 0 Å². The Hall–Kier alpha value is -2.21. The molecule has 0 saturated heterocycles. The van der Waals surface area contributed by atoms with Crippen molar-refractivity contribution >= 4 is 5.91 Å². The Morgan fingerprint density at radius 3 is 2.50 bits per heavy atom. The van der Waals surface area contributed by atoms with E-state index in [0.29, 0.717) is 0 Å². The largest absolute Gasteiger partial charge is 0.347 e. The van der Waals surface area contributed by atoms with Crippen LogP contribution in [-0.4, -0.2) is 41.2 Å². The Bertz CT molecular complexity index is 666. The minimum absolute atomic E-state index is 0.102. The number of carbonyl (C=O) groups is 1. The Labute approximate surface area is 142 Å². The highest BCUT2D eigenvalue weighted by atomic mass is 19.1. The van der Waals surface area contributed by atoms with Crippen molar-refractivity contribution in [2.24, 2.45) is 0 Å². The second-order valence-electron chi connectivity index (χ2n) is 6.30.